The summed E-state index contributed by atoms with van der Waals surface area (Å²) in [6.45, 7) is 5.93. The van der Waals surface area contributed by atoms with Crippen molar-refractivity contribution in [2.45, 2.75) is 59.0 Å². The molecule has 0 spiro atoms. The number of nitrogens with zero attached hydrogens (tertiary/aromatic N) is 2. The molecule has 1 aliphatic rings. The number of carbonyl (C=O) groups excluding carboxylic acids is 2. The summed E-state index contributed by atoms with van der Waals surface area (Å²) in [5, 5.41) is 5.85. The molecular weight excluding hydrogens is 340 g/mol. The van der Waals surface area contributed by atoms with Crippen molar-refractivity contribution in [1.29, 1.82) is 0 Å². The third kappa shape index (κ3) is 4.56. The minimum absolute atomic E-state index is 0.174. The molecule has 27 heavy (non-hydrogen) atoms. The fraction of sp³-hybridized carbons (Fsp3) is 0.476. The Kier molecular flexibility index (Phi) is 6.27. The van der Waals surface area contributed by atoms with Crippen LogP contribution in [0.4, 0.5) is 0 Å². The molecule has 0 saturated carbocycles. The Morgan fingerprint density at radius 1 is 1.11 bits per heavy atom. The highest BCUT2D eigenvalue weighted by Gasteiger charge is 2.27. The van der Waals surface area contributed by atoms with Crippen LogP contribution in [0, 0.1) is 6.92 Å². The van der Waals surface area contributed by atoms with E-state index < -0.39 is 0 Å². The normalized spacial score (nSPS) is 13.1. The number of fused-ring (bicyclic) bond motifs is 1. The topological polar surface area (TPSA) is 76.0 Å². The van der Waals surface area contributed by atoms with Crippen molar-refractivity contribution in [3.63, 3.8) is 0 Å². The lowest BCUT2D eigenvalue weighted by Crippen LogP contribution is -2.27. The second kappa shape index (κ2) is 8.84. The molecule has 0 aliphatic carbocycles. The number of imidazole rings is 1. The molecule has 3 rings (SSSR count). The maximum Gasteiger partial charge on any atom is 0.287 e. The van der Waals surface area contributed by atoms with Crippen molar-refractivity contribution in [1.82, 2.24) is 20.2 Å². The summed E-state index contributed by atoms with van der Waals surface area (Å²) < 4.78 is 1.92. The van der Waals surface area contributed by atoms with Crippen molar-refractivity contribution < 1.29 is 9.59 Å². The Labute approximate surface area is 160 Å². The maximum atomic E-state index is 12.7. The van der Waals surface area contributed by atoms with E-state index in [1.165, 1.54) is 5.56 Å². The smallest absolute Gasteiger partial charge is 0.287 e. The number of benzene rings is 1. The summed E-state index contributed by atoms with van der Waals surface area (Å²) in [4.78, 5) is 29.7. The molecule has 144 valence electrons. The van der Waals surface area contributed by atoms with E-state index in [1.54, 1.807) is 0 Å². The Balaban J connectivity index is 1.74. The standard InChI is InChI=1S/C21H28N4O2/c1-3-4-12-22-20(26)18-17-7-5-6-13-25(17)19(24-18)21(27)23-14-16-10-8-15(2)9-11-16/h8-11H,3-7,12-14H2,1-2H3,(H,22,26)(H,23,27). The molecule has 0 radical (unpaired) electrons. The first-order chi connectivity index (χ1) is 13.1. The van der Waals surface area contributed by atoms with Crippen LogP contribution < -0.4 is 10.6 Å². The molecule has 0 saturated heterocycles. The van der Waals surface area contributed by atoms with Gasteiger partial charge in [-0.3, -0.25) is 9.59 Å². The number of aryl methyl sites for hydroxylation is 1. The van der Waals surface area contributed by atoms with Crippen LogP contribution in [-0.4, -0.2) is 27.9 Å². The van der Waals surface area contributed by atoms with Gasteiger partial charge < -0.3 is 15.2 Å². The Morgan fingerprint density at radius 3 is 2.63 bits per heavy atom. The van der Waals surface area contributed by atoms with Gasteiger partial charge in [0.1, 0.15) is 5.69 Å². The van der Waals surface area contributed by atoms with E-state index in [9.17, 15) is 9.59 Å². The summed E-state index contributed by atoms with van der Waals surface area (Å²) in [6, 6.07) is 8.06. The van der Waals surface area contributed by atoms with Gasteiger partial charge >= 0.3 is 0 Å². The molecular formula is C21H28N4O2. The summed E-state index contributed by atoms with van der Waals surface area (Å²) in [7, 11) is 0. The molecule has 0 fully saturated rings. The summed E-state index contributed by atoms with van der Waals surface area (Å²) in [6.07, 6.45) is 4.76. The first-order valence-corrected chi connectivity index (χ1v) is 9.81. The van der Waals surface area contributed by atoms with E-state index in [1.807, 2.05) is 35.8 Å². The minimum Gasteiger partial charge on any atom is -0.351 e. The van der Waals surface area contributed by atoms with Crippen LogP contribution in [0.2, 0.25) is 0 Å². The van der Waals surface area contributed by atoms with Crippen molar-refractivity contribution in [3.05, 3.63) is 52.6 Å². The van der Waals surface area contributed by atoms with Gasteiger partial charge in [0.05, 0.1) is 5.69 Å². The fourth-order valence-electron chi connectivity index (χ4n) is 3.33. The Morgan fingerprint density at radius 2 is 1.89 bits per heavy atom. The van der Waals surface area contributed by atoms with Gasteiger partial charge in [0.25, 0.3) is 11.8 Å². The average Bonchev–Trinajstić information content (AvgIpc) is 3.07. The van der Waals surface area contributed by atoms with Crippen LogP contribution in [-0.2, 0) is 19.5 Å². The number of hydrogen-bond donors (Lipinski definition) is 2. The van der Waals surface area contributed by atoms with Crippen molar-refractivity contribution in [2.75, 3.05) is 6.54 Å². The Hall–Kier alpha value is -2.63. The van der Waals surface area contributed by atoms with Crippen LogP contribution in [0.5, 0.6) is 0 Å². The molecule has 0 bridgehead atoms. The van der Waals surface area contributed by atoms with Gasteiger partial charge in [-0.1, -0.05) is 43.2 Å². The highest BCUT2D eigenvalue weighted by molar-refractivity contribution is 5.97. The number of aromatic nitrogens is 2. The van der Waals surface area contributed by atoms with E-state index in [4.69, 9.17) is 0 Å². The van der Waals surface area contributed by atoms with E-state index in [0.717, 1.165) is 49.9 Å². The maximum absolute atomic E-state index is 12.7. The van der Waals surface area contributed by atoms with Gasteiger partial charge in [-0.25, -0.2) is 4.98 Å². The lowest BCUT2D eigenvalue weighted by atomic mass is 10.1. The quantitative estimate of drug-likeness (QED) is 0.738. The zero-order valence-corrected chi connectivity index (χ0v) is 16.2. The molecule has 2 amide bonds. The highest BCUT2D eigenvalue weighted by Crippen LogP contribution is 2.21. The van der Waals surface area contributed by atoms with Crippen molar-refractivity contribution in [2.24, 2.45) is 0 Å². The molecule has 2 aromatic rings. The number of unbranched alkanes of at least 4 members (excludes halogenated alkanes) is 1. The molecule has 1 aliphatic heterocycles. The van der Waals surface area contributed by atoms with Gasteiger partial charge in [-0.15, -0.1) is 0 Å². The first kappa shape index (κ1) is 19.1. The molecule has 1 aromatic heterocycles. The fourth-order valence-corrected chi connectivity index (χ4v) is 3.33. The molecule has 0 unspecified atom stereocenters. The molecule has 2 N–H and O–H groups in total. The van der Waals surface area contributed by atoms with Gasteiger partial charge in [0, 0.05) is 19.6 Å². The summed E-state index contributed by atoms with van der Waals surface area (Å²) in [5.41, 5.74) is 3.52. The van der Waals surface area contributed by atoms with Gasteiger partial charge in [-0.05, 0) is 38.2 Å². The minimum atomic E-state index is -0.230. The first-order valence-electron chi connectivity index (χ1n) is 9.81. The Bertz CT molecular complexity index is 808. The lowest BCUT2D eigenvalue weighted by molar-refractivity contribution is 0.0935. The molecule has 2 heterocycles. The van der Waals surface area contributed by atoms with Crippen molar-refractivity contribution in [3.8, 4) is 0 Å². The number of nitrogens with one attached hydrogen (secondary N) is 2. The van der Waals surface area contributed by atoms with Crippen LogP contribution in [0.3, 0.4) is 0 Å². The zero-order valence-electron chi connectivity index (χ0n) is 16.2. The predicted molar refractivity (Wildman–Crippen MR) is 105 cm³/mol. The van der Waals surface area contributed by atoms with Crippen LogP contribution in [0.25, 0.3) is 0 Å². The van der Waals surface area contributed by atoms with Crippen LogP contribution in [0.1, 0.15) is 70.5 Å². The summed E-state index contributed by atoms with van der Waals surface area (Å²) in [5.74, 6) is -0.0597. The molecule has 1 aromatic carbocycles. The third-order valence-electron chi connectivity index (χ3n) is 4.93. The van der Waals surface area contributed by atoms with Gasteiger partial charge in [0.2, 0.25) is 0 Å². The van der Waals surface area contributed by atoms with E-state index in [2.05, 4.69) is 22.5 Å². The highest BCUT2D eigenvalue weighted by atomic mass is 16.2. The van der Waals surface area contributed by atoms with E-state index in [-0.39, 0.29) is 11.8 Å². The van der Waals surface area contributed by atoms with Crippen molar-refractivity contribution >= 4 is 11.8 Å². The van der Waals surface area contributed by atoms with Crippen LogP contribution >= 0.6 is 0 Å². The van der Waals surface area contributed by atoms with Crippen LogP contribution in [0.15, 0.2) is 24.3 Å². The largest absolute Gasteiger partial charge is 0.351 e. The zero-order chi connectivity index (χ0) is 19.2. The molecule has 0 atom stereocenters. The second-order valence-electron chi connectivity index (χ2n) is 7.12. The lowest BCUT2D eigenvalue weighted by Gasteiger charge is -2.17. The molecule has 6 heteroatoms. The van der Waals surface area contributed by atoms with Gasteiger partial charge in [0.15, 0.2) is 5.82 Å². The number of hydrogen-bond acceptors (Lipinski definition) is 3. The number of amides is 2. The van der Waals surface area contributed by atoms with Gasteiger partial charge in [-0.2, -0.15) is 0 Å². The third-order valence-corrected chi connectivity index (χ3v) is 4.93. The monoisotopic (exact) mass is 368 g/mol. The van der Waals surface area contributed by atoms with E-state index in [0.29, 0.717) is 24.6 Å². The SMILES string of the molecule is CCCCNC(=O)c1nc(C(=O)NCc2ccc(C)cc2)n2c1CCCC2. The average molecular weight is 368 g/mol. The summed E-state index contributed by atoms with van der Waals surface area (Å²) >= 11 is 0. The number of carbonyl (C=O) groups is 2. The predicted octanol–water partition coefficient (Wildman–Crippen LogP) is 2.99. The number of rotatable bonds is 7. The van der Waals surface area contributed by atoms with E-state index >= 15 is 0 Å². The molecule has 6 nitrogen and oxygen atoms in total. The second-order valence-corrected chi connectivity index (χ2v) is 7.12.